The zero-order chi connectivity index (χ0) is 11.3. The first-order valence-electron chi connectivity index (χ1n) is 6.42. The molecule has 1 aliphatic carbocycles. The molecule has 0 aromatic rings. The Morgan fingerprint density at radius 3 is 2.47 bits per heavy atom. The SMILES string of the molecule is CCC(C)C(=O)CN(CC)CC1CCC1. The highest BCUT2D eigenvalue weighted by molar-refractivity contribution is 5.82. The van der Waals surface area contributed by atoms with Crippen LogP contribution in [0.15, 0.2) is 0 Å². The summed E-state index contributed by atoms with van der Waals surface area (Å²) < 4.78 is 0. The van der Waals surface area contributed by atoms with Crippen LogP contribution in [0.2, 0.25) is 0 Å². The first kappa shape index (κ1) is 12.7. The number of hydrogen-bond acceptors (Lipinski definition) is 2. The molecule has 1 rings (SSSR count). The van der Waals surface area contributed by atoms with Crippen molar-refractivity contribution in [1.82, 2.24) is 4.90 Å². The molecular weight excluding hydrogens is 186 g/mol. The van der Waals surface area contributed by atoms with E-state index in [1.165, 1.54) is 19.3 Å². The third kappa shape index (κ3) is 3.94. The van der Waals surface area contributed by atoms with Crippen molar-refractivity contribution in [3.8, 4) is 0 Å². The summed E-state index contributed by atoms with van der Waals surface area (Å²) in [4.78, 5) is 14.1. The molecule has 2 heteroatoms. The normalized spacial score (nSPS) is 18.9. The van der Waals surface area contributed by atoms with E-state index in [1.807, 2.05) is 6.92 Å². The van der Waals surface area contributed by atoms with Crippen molar-refractivity contribution in [2.75, 3.05) is 19.6 Å². The standard InChI is InChI=1S/C13H25NO/c1-4-11(3)13(15)10-14(5-2)9-12-7-6-8-12/h11-12H,4-10H2,1-3H3. The van der Waals surface area contributed by atoms with Crippen LogP contribution in [0, 0.1) is 11.8 Å². The average Bonchev–Trinajstić information content (AvgIpc) is 2.19. The summed E-state index contributed by atoms with van der Waals surface area (Å²) in [5.41, 5.74) is 0. The van der Waals surface area contributed by atoms with Crippen molar-refractivity contribution in [1.29, 1.82) is 0 Å². The number of ketones is 1. The highest BCUT2D eigenvalue weighted by Crippen LogP contribution is 2.27. The van der Waals surface area contributed by atoms with E-state index in [2.05, 4.69) is 18.7 Å². The summed E-state index contributed by atoms with van der Waals surface area (Å²) in [5.74, 6) is 1.52. The number of carbonyl (C=O) groups excluding carboxylic acids is 1. The lowest BCUT2D eigenvalue weighted by molar-refractivity contribution is -0.123. The predicted molar refractivity (Wildman–Crippen MR) is 63.9 cm³/mol. The van der Waals surface area contributed by atoms with Gasteiger partial charge in [0, 0.05) is 12.5 Å². The summed E-state index contributed by atoms with van der Waals surface area (Å²) in [6.07, 6.45) is 5.10. The fourth-order valence-electron chi connectivity index (χ4n) is 1.95. The Kier molecular flexibility index (Phi) is 5.30. The molecule has 1 aliphatic rings. The second-order valence-corrected chi connectivity index (χ2v) is 4.90. The zero-order valence-electron chi connectivity index (χ0n) is 10.5. The number of carbonyl (C=O) groups is 1. The molecule has 0 heterocycles. The monoisotopic (exact) mass is 211 g/mol. The van der Waals surface area contributed by atoms with E-state index >= 15 is 0 Å². The number of nitrogens with zero attached hydrogens (tertiary/aromatic N) is 1. The minimum absolute atomic E-state index is 0.237. The molecule has 1 atom stereocenters. The van der Waals surface area contributed by atoms with Gasteiger partial charge in [0.25, 0.3) is 0 Å². The minimum Gasteiger partial charge on any atom is -0.298 e. The van der Waals surface area contributed by atoms with Crippen molar-refractivity contribution in [2.24, 2.45) is 11.8 Å². The topological polar surface area (TPSA) is 20.3 Å². The van der Waals surface area contributed by atoms with Crippen molar-refractivity contribution in [3.05, 3.63) is 0 Å². The molecule has 1 saturated carbocycles. The summed E-state index contributed by atoms with van der Waals surface area (Å²) in [6, 6.07) is 0. The van der Waals surface area contributed by atoms with E-state index in [4.69, 9.17) is 0 Å². The van der Waals surface area contributed by atoms with Gasteiger partial charge >= 0.3 is 0 Å². The maximum atomic E-state index is 11.8. The van der Waals surface area contributed by atoms with Crippen LogP contribution in [0.4, 0.5) is 0 Å². The van der Waals surface area contributed by atoms with Crippen LogP contribution in [0.3, 0.4) is 0 Å². The molecule has 0 aliphatic heterocycles. The van der Waals surface area contributed by atoms with Crippen LogP contribution in [0.5, 0.6) is 0 Å². The molecule has 2 nitrogen and oxygen atoms in total. The lowest BCUT2D eigenvalue weighted by Gasteiger charge is -2.31. The van der Waals surface area contributed by atoms with Gasteiger partial charge < -0.3 is 0 Å². The van der Waals surface area contributed by atoms with Crippen molar-refractivity contribution in [3.63, 3.8) is 0 Å². The number of Topliss-reactive ketones (excluding diaryl/α,β-unsaturated/α-hetero) is 1. The predicted octanol–water partition coefficient (Wildman–Crippen LogP) is 2.72. The van der Waals surface area contributed by atoms with Crippen molar-refractivity contribution >= 4 is 5.78 Å². The maximum Gasteiger partial charge on any atom is 0.149 e. The number of likely N-dealkylation sites (N-methyl/N-ethyl adjacent to an activating group) is 1. The van der Waals surface area contributed by atoms with E-state index in [0.717, 1.165) is 25.4 Å². The third-order valence-corrected chi connectivity index (χ3v) is 3.73. The van der Waals surface area contributed by atoms with Gasteiger partial charge in [-0.25, -0.2) is 0 Å². The van der Waals surface area contributed by atoms with E-state index in [9.17, 15) is 4.79 Å². The summed E-state index contributed by atoms with van der Waals surface area (Å²) in [6.45, 7) is 9.10. The van der Waals surface area contributed by atoms with Gasteiger partial charge in [-0.2, -0.15) is 0 Å². The molecule has 0 radical (unpaired) electrons. The molecule has 1 fully saturated rings. The van der Waals surface area contributed by atoms with E-state index in [0.29, 0.717) is 12.3 Å². The maximum absolute atomic E-state index is 11.8. The van der Waals surface area contributed by atoms with Crippen LogP contribution in [0.1, 0.15) is 46.5 Å². The highest BCUT2D eigenvalue weighted by Gasteiger charge is 2.22. The van der Waals surface area contributed by atoms with Crippen LogP contribution in [-0.4, -0.2) is 30.3 Å². The second kappa shape index (κ2) is 6.26. The Morgan fingerprint density at radius 1 is 1.40 bits per heavy atom. The number of rotatable bonds is 7. The van der Waals surface area contributed by atoms with Gasteiger partial charge in [0.05, 0.1) is 6.54 Å². The molecule has 0 bridgehead atoms. The lowest BCUT2D eigenvalue weighted by atomic mass is 9.85. The molecule has 15 heavy (non-hydrogen) atoms. The molecule has 0 aromatic heterocycles. The average molecular weight is 211 g/mol. The van der Waals surface area contributed by atoms with Crippen LogP contribution in [-0.2, 0) is 4.79 Å². The Hall–Kier alpha value is -0.370. The third-order valence-electron chi connectivity index (χ3n) is 3.73. The smallest absolute Gasteiger partial charge is 0.149 e. The van der Waals surface area contributed by atoms with Crippen LogP contribution >= 0.6 is 0 Å². The first-order valence-corrected chi connectivity index (χ1v) is 6.42. The Bertz CT molecular complexity index is 199. The fraction of sp³-hybridized carbons (Fsp3) is 0.923. The van der Waals surface area contributed by atoms with Gasteiger partial charge in [-0.1, -0.05) is 27.2 Å². The van der Waals surface area contributed by atoms with Gasteiger partial charge in [-0.05, 0) is 31.7 Å². The van der Waals surface area contributed by atoms with Crippen molar-refractivity contribution in [2.45, 2.75) is 46.5 Å². The molecule has 0 spiro atoms. The molecule has 88 valence electrons. The second-order valence-electron chi connectivity index (χ2n) is 4.90. The van der Waals surface area contributed by atoms with Crippen molar-refractivity contribution < 1.29 is 4.79 Å². The summed E-state index contributed by atoms with van der Waals surface area (Å²) in [7, 11) is 0. The number of hydrogen-bond donors (Lipinski definition) is 0. The Labute approximate surface area is 94.0 Å². The molecule has 0 amide bonds. The lowest BCUT2D eigenvalue weighted by Crippen LogP contribution is -2.37. The zero-order valence-corrected chi connectivity index (χ0v) is 10.5. The van der Waals surface area contributed by atoms with Gasteiger partial charge in [0.1, 0.15) is 5.78 Å². The molecule has 0 N–H and O–H groups in total. The molecular formula is C13H25NO. The summed E-state index contributed by atoms with van der Waals surface area (Å²) in [5, 5.41) is 0. The largest absolute Gasteiger partial charge is 0.298 e. The van der Waals surface area contributed by atoms with E-state index in [1.54, 1.807) is 0 Å². The molecule has 0 aromatic carbocycles. The Balaban J connectivity index is 2.28. The van der Waals surface area contributed by atoms with E-state index < -0.39 is 0 Å². The Morgan fingerprint density at radius 2 is 2.07 bits per heavy atom. The molecule has 1 unspecified atom stereocenters. The fourth-order valence-corrected chi connectivity index (χ4v) is 1.95. The highest BCUT2D eigenvalue weighted by atomic mass is 16.1. The van der Waals surface area contributed by atoms with E-state index in [-0.39, 0.29) is 5.92 Å². The van der Waals surface area contributed by atoms with Crippen LogP contribution < -0.4 is 0 Å². The first-order chi connectivity index (χ1) is 7.17. The quantitative estimate of drug-likeness (QED) is 0.645. The minimum atomic E-state index is 0.237. The van der Waals surface area contributed by atoms with Crippen LogP contribution in [0.25, 0.3) is 0 Å². The summed E-state index contributed by atoms with van der Waals surface area (Å²) >= 11 is 0. The van der Waals surface area contributed by atoms with Gasteiger partial charge in [-0.15, -0.1) is 0 Å². The van der Waals surface area contributed by atoms with Gasteiger partial charge in [0.15, 0.2) is 0 Å². The van der Waals surface area contributed by atoms with Gasteiger partial charge in [-0.3, -0.25) is 9.69 Å². The van der Waals surface area contributed by atoms with Gasteiger partial charge in [0.2, 0.25) is 0 Å². The molecule has 0 saturated heterocycles.